The number of benzene rings is 2. The lowest BCUT2D eigenvalue weighted by Gasteiger charge is -2.27. The Morgan fingerprint density at radius 3 is 2.32 bits per heavy atom. The summed E-state index contributed by atoms with van der Waals surface area (Å²) in [5, 5.41) is 12.8. The number of methoxy groups -OCH3 is 1. The molecule has 9 nitrogen and oxygen atoms in total. The molecule has 1 aromatic heterocycles. The number of hydrogen-bond donors (Lipinski definition) is 0. The molecule has 0 radical (unpaired) electrons. The van der Waals surface area contributed by atoms with Gasteiger partial charge in [-0.1, -0.05) is 36.4 Å². The van der Waals surface area contributed by atoms with E-state index in [2.05, 4.69) is 0 Å². The normalized spacial score (nSPS) is 11.5. The summed E-state index contributed by atoms with van der Waals surface area (Å²) in [7, 11) is -2.65. The summed E-state index contributed by atoms with van der Waals surface area (Å²) in [6, 6.07) is 17.9. The zero-order chi connectivity index (χ0) is 24.6. The SMILES string of the molecule is COCCN(CC(=O)N(Cc1ccccc1)Cc1cccs1)S(=O)(=O)c1ccc([N+](=O)[O-])cc1. The minimum atomic E-state index is -4.09. The molecule has 0 saturated carbocycles. The van der Waals surface area contributed by atoms with Crippen molar-refractivity contribution in [3.8, 4) is 0 Å². The number of thiophene rings is 1. The fourth-order valence-corrected chi connectivity index (χ4v) is 5.34. The van der Waals surface area contributed by atoms with Crippen molar-refractivity contribution < 1.29 is 22.9 Å². The van der Waals surface area contributed by atoms with E-state index in [1.54, 1.807) is 4.90 Å². The summed E-state index contributed by atoms with van der Waals surface area (Å²) in [4.78, 5) is 26.1. The second kappa shape index (κ2) is 11.8. The molecule has 0 aliphatic rings. The van der Waals surface area contributed by atoms with Crippen molar-refractivity contribution in [3.05, 3.63) is 92.7 Å². The van der Waals surface area contributed by atoms with Crippen LogP contribution in [-0.2, 0) is 32.6 Å². The maximum absolute atomic E-state index is 13.4. The number of nitro benzene ring substituents is 1. The standard InChI is InChI=1S/C23H25N3O6S2/c1-32-14-13-25(34(30,31)22-11-9-20(10-12-22)26(28)29)18-23(27)24(17-21-8-5-15-33-21)16-19-6-3-2-4-7-19/h2-12,15H,13-14,16-18H2,1H3. The molecule has 1 heterocycles. The average molecular weight is 504 g/mol. The van der Waals surface area contributed by atoms with Gasteiger partial charge in [0.05, 0.1) is 29.5 Å². The Labute approximate surface area is 202 Å². The molecule has 180 valence electrons. The Balaban J connectivity index is 1.85. The summed E-state index contributed by atoms with van der Waals surface area (Å²) in [6.45, 7) is 0.331. The number of nitrogens with zero attached hydrogens (tertiary/aromatic N) is 3. The average Bonchev–Trinajstić information content (AvgIpc) is 3.35. The Bertz CT molecular complexity index is 1180. The molecule has 0 unspecified atom stereocenters. The van der Waals surface area contributed by atoms with Crippen LogP contribution in [0.5, 0.6) is 0 Å². The molecule has 0 aliphatic carbocycles. The van der Waals surface area contributed by atoms with Gasteiger partial charge in [-0.3, -0.25) is 14.9 Å². The number of carbonyl (C=O) groups is 1. The second-order valence-electron chi connectivity index (χ2n) is 7.40. The summed E-state index contributed by atoms with van der Waals surface area (Å²) < 4.78 is 32.7. The van der Waals surface area contributed by atoms with Crippen LogP contribution in [0.15, 0.2) is 77.0 Å². The molecule has 3 rings (SSSR count). The van der Waals surface area contributed by atoms with Crippen LogP contribution >= 0.6 is 11.3 Å². The van der Waals surface area contributed by atoms with Crippen LogP contribution in [0.2, 0.25) is 0 Å². The van der Waals surface area contributed by atoms with Gasteiger partial charge in [-0.15, -0.1) is 11.3 Å². The van der Waals surface area contributed by atoms with E-state index in [1.165, 1.54) is 30.6 Å². The molecule has 1 amide bonds. The Kier molecular flexibility index (Phi) is 8.88. The van der Waals surface area contributed by atoms with Gasteiger partial charge in [-0.25, -0.2) is 8.42 Å². The molecule has 2 aromatic carbocycles. The van der Waals surface area contributed by atoms with Gasteiger partial charge in [0.15, 0.2) is 0 Å². The highest BCUT2D eigenvalue weighted by Gasteiger charge is 2.29. The number of hydrogen-bond acceptors (Lipinski definition) is 7. The van der Waals surface area contributed by atoms with E-state index in [1.807, 2.05) is 47.8 Å². The Hall–Kier alpha value is -3.12. The number of nitro groups is 1. The molecular formula is C23H25N3O6S2. The van der Waals surface area contributed by atoms with Crippen molar-refractivity contribution in [1.29, 1.82) is 0 Å². The minimum absolute atomic E-state index is 0.0419. The van der Waals surface area contributed by atoms with Gasteiger partial charge in [0.2, 0.25) is 15.9 Å². The van der Waals surface area contributed by atoms with Crippen molar-refractivity contribution in [1.82, 2.24) is 9.21 Å². The fraction of sp³-hybridized carbons (Fsp3) is 0.261. The van der Waals surface area contributed by atoms with Crippen molar-refractivity contribution in [2.45, 2.75) is 18.0 Å². The van der Waals surface area contributed by atoms with E-state index in [9.17, 15) is 23.3 Å². The highest BCUT2D eigenvalue weighted by atomic mass is 32.2. The Morgan fingerprint density at radius 1 is 1.03 bits per heavy atom. The monoisotopic (exact) mass is 503 g/mol. The number of carbonyl (C=O) groups excluding carboxylic acids is 1. The third-order valence-corrected chi connectivity index (χ3v) is 7.76. The van der Waals surface area contributed by atoms with Gasteiger partial charge in [0, 0.05) is 37.2 Å². The van der Waals surface area contributed by atoms with E-state index >= 15 is 0 Å². The Morgan fingerprint density at radius 2 is 1.74 bits per heavy atom. The molecule has 34 heavy (non-hydrogen) atoms. The first-order valence-corrected chi connectivity index (χ1v) is 12.7. The predicted octanol–water partition coefficient (Wildman–Crippen LogP) is 3.52. The molecule has 0 saturated heterocycles. The second-order valence-corrected chi connectivity index (χ2v) is 10.4. The summed E-state index contributed by atoms with van der Waals surface area (Å²) >= 11 is 1.52. The van der Waals surface area contributed by atoms with E-state index in [0.29, 0.717) is 13.1 Å². The zero-order valence-corrected chi connectivity index (χ0v) is 20.2. The lowest BCUT2D eigenvalue weighted by Crippen LogP contribution is -2.43. The topological polar surface area (TPSA) is 110 Å². The minimum Gasteiger partial charge on any atom is -0.383 e. The first-order valence-electron chi connectivity index (χ1n) is 10.4. The van der Waals surface area contributed by atoms with Crippen molar-refractivity contribution in [2.24, 2.45) is 0 Å². The third-order valence-electron chi connectivity index (χ3n) is 5.04. The molecule has 0 aliphatic heterocycles. The van der Waals surface area contributed by atoms with Crippen molar-refractivity contribution >= 4 is 33.0 Å². The van der Waals surface area contributed by atoms with Crippen LogP contribution in [0.25, 0.3) is 0 Å². The van der Waals surface area contributed by atoms with E-state index in [0.717, 1.165) is 26.9 Å². The summed E-state index contributed by atoms with van der Waals surface area (Å²) in [5.41, 5.74) is 0.706. The number of amides is 1. The summed E-state index contributed by atoms with van der Waals surface area (Å²) in [6.07, 6.45) is 0. The van der Waals surface area contributed by atoms with Crippen molar-refractivity contribution in [3.63, 3.8) is 0 Å². The van der Waals surface area contributed by atoms with E-state index < -0.39 is 14.9 Å². The van der Waals surface area contributed by atoms with Crippen LogP contribution in [0.3, 0.4) is 0 Å². The maximum Gasteiger partial charge on any atom is 0.269 e. The quantitative estimate of drug-likeness (QED) is 0.276. The first-order chi connectivity index (χ1) is 16.3. The van der Waals surface area contributed by atoms with Gasteiger partial charge >= 0.3 is 0 Å². The van der Waals surface area contributed by atoms with Gasteiger partial charge < -0.3 is 9.64 Å². The summed E-state index contributed by atoms with van der Waals surface area (Å²) in [5.74, 6) is -0.362. The van der Waals surface area contributed by atoms with Crippen LogP contribution in [0.1, 0.15) is 10.4 Å². The van der Waals surface area contributed by atoms with Gasteiger partial charge in [-0.05, 0) is 29.1 Å². The lowest BCUT2D eigenvalue weighted by molar-refractivity contribution is -0.384. The van der Waals surface area contributed by atoms with Crippen LogP contribution in [0, 0.1) is 10.1 Å². The molecule has 3 aromatic rings. The van der Waals surface area contributed by atoms with Gasteiger partial charge in [0.25, 0.3) is 5.69 Å². The molecule has 0 atom stereocenters. The zero-order valence-electron chi connectivity index (χ0n) is 18.6. The number of rotatable bonds is 12. The molecule has 0 fully saturated rings. The maximum atomic E-state index is 13.4. The van der Waals surface area contributed by atoms with E-state index in [-0.39, 0.29) is 36.2 Å². The number of ether oxygens (including phenoxy) is 1. The number of non-ortho nitro benzene ring substituents is 1. The van der Waals surface area contributed by atoms with Gasteiger partial charge in [-0.2, -0.15) is 4.31 Å². The predicted molar refractivity (Wildman–Crippen MR) is 129 cm³/mol. The molecule has 0 bridgehead atoms. The smallest absolute Gasteiger partial charge is 0.269 e. The molecule has 11 heteroatoms. The largest absolute Gasteiger partial charge is 0.383 e. The van der Waals surface area contributed by atoms with Crippen molar-refractivity contribution in [2.75, 3.05) is 26.8 Å². The number of sulfonamides is 1. The van der Waals surface area contributed by atoms with Crippen LogP contribution in [-0.4, -0.2) is 55.3 Å². The van der Waals surface area contributed by atoms with E-state index in [4.69, 9.17) is 4.74 Å². The lowest BCUT2D eigenvalue weighted by atomic mass is 10.2. The van der Waals surface area contributed by atoms with Gasteiger partial charge in [0.1, 0.15) is 0 Å². The van der Waals surface area contributed by atoms with Crippen LogP contribution < -0.4 is 0 Å². The molecular weight excluding hydrogens is 478 g/mol. The molecule has 0 spiro atoms. The third kappa shape index (κ3) is 6.70. The highest BCUT2D eigenvalue weighted by Crippen LogP contribution is 2.21. The molecule has 0 N–H and O–H groups in total. The highest BCUT2D eigenvalue weighted by molar-refractivity contribution is 7.89. The first kappa shape index (κ1) is 25.5. The fourth-order valence-electron chi connectivity index (χ4n) is 3.24. The van der Waals surface area contributed by atoms with Crippen LogP contribution in [0.4, 0.5) is 5.69 Å².